The standard InChI is InChI=1S/C32H20Cl2N2O4S/c33-25-7-3-1-5-19(25)17-38-20-11-9-18(10-12-20)28-22-14-13-21(15-26(22)40-31(36)24(28)16-35)39-32(37)30-29(34)23-6-2-4-8-27(23)41-30/h1-15,28H,17,36H2. The normalized spacial score (nSPS) is 14.2. The lowest BCUT2D eigenvalue weighted by molar-refractivity contribution is 0.0740. The summed E-state index contributed by atoms with van der Waals surface area (Å²) in [4.78, 5) is 13.3. The van der Waals surface area contributed by atoms with Crippen molar-refractivity contribution >= 4 is 50.6 Å². The van der Waals surface area contributed by atoms with E-state index in [1.54, 1.807) is 18.2 Å². The van der Waals surface area contributed by atoms with Gasteiger partial charge in [-0.3, -0.25) is 0 Å². The van der Waals surface area contributed by atoms with Gasteiger partial charge in [0.2, 0.25) is 5.88 Å². The van der Waals surface area contributed by atoms with Crippen LogP contribution in [0.4, 0.5) is 0 Å². The number of hydrogen-bond donors (Lipinski definition) is 1. The first-order valence-corrected chi connectivity index (χ1v) is 14.1. The number of thiophene rings is 1. The highest BCUT2D eigenvalue weighted by Gasteiger charge is 2.31. The second-order valence-corrected chi connectivity index (χ2v) is 11.0. The molecule has 0 amide bonds. The van der Waals surface area contributed by atoms with Crippen LogP contribution in [0.15, 0.2) is 102 Å². The molecule has 1 aromatic heterocycles. The van der Waals surface area contributed by atoms with Crippen molar-refractivity contribution < 1.29 is 19.0 Å². The average molecular weight is 599 g/mol. The quantitative estimate of drug-likeness (QED) is 0.156. The molecule has 0 saturated heterocycles. The van der Waals surface area contributed by atoms with E-state index in [9.17, 15) is 10.1 Å². The second kappa shape index (κ2) is 11.2. The van der Waals surface area contributed by atoms with Crippen molar-refractivity contribution in [3.63, 3.8) is 0 Å². The molecular weight excluding hydrogens is 579 g/mol. The van der Waals surface area contributed by atoms with Crippen molar-refractivity contribution in [3.8, 4) is 23.3 Å². The Balaban J connectivity index is 1.25. The van der Waals surface area contributed by atoms with Crippen LogP contribution in [0.1, 0.15) is 32.3 Å². The fourth-order valence-corrected chi connectivity index (χ4v) is 6.25. The fourth-order valence-electron chi connectivity index (χ4n) is 4.67. The lowest BCUT2D eigenvalue weighted by atomic mass is 9.83. The summed E-state index contributed by atoms with van der Waals surface area (Å²) in [5.41, 5.74) is 8.86. The van der Waals surface area contributed by atoms with E-state index in [2.05, 4.69) is 6.07 Å². The maximum atomic E-state index is 13.0. The van der Waals surface area contributed by atoms with Crippen molar-refractivity contribution in [3.05, 3.63) is 134 Å². The number of benzene rings is 4. The van der Waals surface area contributed by atoms with Gasteiger partial charge in [0.05, 0.1) is 10.9 Å². The zero-order valence-corrected chi connectivity index (χ0v) is 23.6. The number of fused-ring (bicyclic) bond motifs is 2. The van der Waals surface area contributed by atoms with E-state index >= 15 is 0 Å². The molecular formula is C32H20Cl2N2O4S. The Morgan fingerprint density at radius 3 is 2.46 bits per heavy atom. The van der Waals surface area contributed by atoms with Crippen molar-refractivity contribution in [1.82, 2.24) is 0 Å². The molecule has 0 saturated carbocycles. The molecule has 6 rings (SSSR count). The highest BCUT2D eigenvalue weighted by atomic mass is 35.5. The first kappa shape index (κ1) is 26.7. The SMILES string of the molecule is N#CC1=C(N)Oc2cc(OC(=O)c3sc4ccccc4c3Cl)ccc2C1c1ccc(OCc2ccccc2Cl)cc1. The summed E-state index contributed by atoms with van der Waals surface area (Å²) < 4.78 is 18.2. The Kier molecular flexibility index (Phi) is 7.29. The summed E-state index contributed by atoms with van der Waals surface area (Å²) in [6.45, 7) is 0.323. The van der Waals surface area contributed by atoms with Gasteiger partial charge in [-0.25, -0.2) is 4.79 Å². The van der Waals surface area contributed by atoms with Crippen molar-refractivity contribution in [2.45, 2.75) is 12.5 Å². The minimum Gasteiger partial charge on any atom is -0.489 e. The summed E-state index contributed by atoms with van der Waals surface area (Å²) in [6.07, 6.45) is 0. The molecule has 202 valence electrons. The summed E-state index contributed by atoms with van der Waals surface area (Å²) in [6, 6.07) is 29.6. The highest BCUT2D eigenvalue weighted by Crippen LogP contribution is 2.44. The van der Waals surface area contributed by atoms with Gasteiger partial charge in [-0.15, -0.1) is 11.3 Å². The minimum absolute atomic E-state index is 0.0138. The van der Waals surface area contributed by atoms with E-state index < -0.39 is 11.9 Å². The molecule has 1 atom stereocenters. The first-order chi connectivity index (χ1) is 19.9. The van der Waals surface area contributed by atoms with Gasteiger partial charge in [-0.2, -0.15) is 5.26 Å². The van der Waals surface area contributed by atoms with Crippen LogP contribution in [0.25, 0.3) is 10.1 Å². The zero-order chi connectivity index (χ0) is 28.5. The van der Waals surface area contributed by atoms with Crippen molar-refractivity contribution in [1.29, 1.82) is 5.26 Å². The lowest BCUT2D eigenvalue weighted by Crippen LogP contribution is -2.21. The number of esters is 1. The lowest BCUT2D eigenvalue weighted by Gasteiger charge is -2.26. The third-order valence-corrected chi connectivity index (χ3v) is 8.71. The molecule has 6 nitrogen and oxygen atoms in total. The Hall–Kier alpha value is -4.48. The van der Waals surface area contributed by atoms with Gasteiger partial charge in [-0.05, 0) is 35.9 Å². The molecule has 4 aromatic carbocycles. The number of halogens is 2. The Labute approximate surface area is 249 Å². The molecule has 2 N–H and O–H groups in total. The zero-order valence-electron chi connectivity index (χ0n) is 21.3. The van der Waals surface area contributed by atoms with E-state index in [-0.39, 0.29) is 17.2 Å². The number of nitrogens with zero attached hydrogens (tertiary/aromatic N) is 1. The van der Waals surface area contributed by atoms with Gasteiger partial charge < -0.3 is 19.9 Å². The molecule has 0 fully saturated rings. The molecule has 0 bridgehead atoms. The van der Waals surface area contributed by atoms with E-state index in [4.69, 9.17) is 43.1 Å². The van der Waals surface area contributed by atoms with Crippen LogP contribution in [0.2, 0.25) is 10.0 Å². The summed E-state index contributed by atoms with van der Waals surface area (Å²) in [5, 5.41) is 11.7. The molecule has 0 radical (unpaired) electrons. The maximum absolute atomic E-state index is 13.0. The predicted molar refractivity (Wildman–Crippen MR) is 160 cm³/mol. The van der Waals surface area contributed by atoms with Gasteiger partial charge in [0.25, 0.3) is 0 Å². The number of nitriles is 1. The summed E-state index contributed by atoms with van der Waals surface area (Å²) in [5.74, 6) is 0.231. The Bertz CT molecular complexity index is 1880. The molecule has 9 heteroatoms. The van der Waals surface area contributed by atoms with Crippen molar-refractivity contribution in [2.75, 3.05) is 0 Å². The maximum Gasteiger partial charge on any atom is 0.355 e. The summed E-state index contributed by atoms with van der Waals surface area (Å²) in [7, 11) is 0. The third-order valence-electron chi connectivity index (χ3n) is 6.69. The number of allylic oxidation sites excluding steroid dienone is 1. The monoisotopic (exact) mass is 598 g/mol. The molecule has 0 spiro atoms. The molecule has 1 aliphatic heterocycles. The van der Waals surface area contributed by atoms with E-state index in [0.717, 1.165) is 21.2 Å². The summed E-state index contributed by atoms with van der Waals surface area (Å²) >= 11 is 14.0. The van der Waals surface area contributed by atoms with Gasteiger partial charge in [0.1, 0.15) is 40.4 Å². The Morgan fingerprint density at radius 1 is 0.976 bits per heavy atom. The number of carbonyl (C=O) groups is 1. The van der Waals surface area contributed by atoms with Gasteiger partial charge in [0, 0.05) is 32.3 Å². The molecule has 2 heterocycles. The van der Waals surface area contributed by atoms with Gasteiger partial charge in [-0.1, -0.05) is 77.8 Å². The molecule has 5 aromatic rings. The number of nitrogens with two attached hydrogens (primary N) is 1. The van der Waals surface area contributed by atoms with E-state index in [1.807, 2.05) is 72.8 Å². The molecule has 41 heavy (non-hydrogen) atoms. The van der Waals surface area contributed by atoms with E-state index in [0.29, 0.717) is 38.6 Å². The van der Waals surface area contributed by atoms with Crippen molar-refractivity contribution in [2.24, 2.45) is 5.73 Å². The first-order valence-electron chi connectivity index (χ1n) is 12.5. The third kappa shape index (κ3) is 5.21. The Morgan fingerprint density at radius 2 is 1.71 bits per heavy atom. The predicted octanol–water partition coefficient (Wildman–Crippen LogP) is 8.22. The average Bonchev–Trinajstić information content (AvgIpc) is 3.33. The van der Waals surface area contributed by atoms with Gasteiger partial charge in [0.15, 0.2) is 0 Å². The van der Waals surface area contributed by atoms with Crippen LogP contribution in [-0.2, 0) is 6.61 Å². The molecule has 1 aliphatic rings. The minimum atomic E-state index is -0.572. The second-order valence-electron chi connectivity index (χ2n) is 9.20. The van der Waals surface area contributed by atoms with Crippen LogP contribution in [0, 0.1) is 11.3 Å². The highest BCUT2D eigenvalue weighted by molar-refractivity contribution is 7.21. The fraction of sp³-hybridized carbons (Fsp3) is 0.0625. The van der Waals surface area contributed by atoms with Gasteiger partial charge >= 0.3 is 5.97 Å². The number of carbonyl (C=O) groups excluding carboxylic acids is 1. The van der Waals surface area contributed by atoms with Crippen LogP contribution >= 0.6 is 34.5 Å². The number of ether oxygens (including phenoxy) is 3. The van der Waals surface area contributed by atoms with Crippen LogP contribution in [0.5, 0.6) is 17.2 Å². The smallest absolute Gasteiger partial charge is 0.355 e. The number of rotatable bonds is 6. The van der Waals surface area contributed by atoms with E-state index in [1.165, 1.54) is 11.3 Å². The van der Waals surface area contributed by atoms with Crippen LogP contribution in [0.3, 0.4) is 0 Å². The number of hydrogen-bond acceptors (Lipinski definition) is 7. The van der Waals surface area contributed by atoms with Crippen LogP contribution in [-0.4, -0.2) is 5.97 Å². The molecule has 1 unspecified atom stereocenters. The topological polar surface area (TPSA) is 94.6 Å². The van der Waals surface area contributed by atoms with Crippen LogP contribution < -0.4 is 19.9 Å². The largest absolute Gasteiger partial charge is 0.489 e. The molecule has 0 aliphatic carbocycles.